The molecule has 0 saturated carbocycles. The average Bonchev–Trinajstić information content (AvgIpc) is 4.55. The van der Waals surface area contributed by atoms with E-state index in [1.165, 1.54) is 39.6 Å². The van der Waals surface area contributed by atoms with Gasteiger partial charge in [0, 0.05) is 95.7 Å². The molecular weight excluding hydrogens is 1070 g/mol. The van der Waals surface area contributed by atoms with Gasteiger partial charge in [-0.25, -0.2) is 24.9 Å². The molecule has 0 aromatic carbocycles. The lowest BCUT2D eigenvalue weighted by atomic mass is 10.2. The lowest BCUT2D eigenvalue weighted by Crippen LogP contribution is -1.92. The number of imidazole rings is 3. The summed E-state index contributed by atoms with van der Waals surface area (Å²) in [4.78, 5) is 20.9. The molecule has 10 aromatic rings. The smallest absolute Gasteiger partial charge is 0.191 e. The molecule has 470 valence electrons. The molecule has 0 aliphatic heterocycles. The first-order chi connectivity index (χ1) is 39.2. The number of aryl methyl sites for hydroxylation is 22. The molecule has 0 aliphatic rings. The van der Waals surface area contributed by atoms with Gasteiger partial charge in [0.2, 0.25) is 0 Å². The number of rotatable bonds is 0. The van der Waals surface area contributed by atoms with E-state index in [4.69, 9.17) is 17.9 Å². The molecule has 0 spiro atoms. The maximum atomic E-state index is 5.10. The van der Waals surface area contributed by atoms with Crippen LogP contribution in [0.4, 0.5) is 0 Å². The summed E-state index contributed by atoms with van der Waals surface area (Å²) in [6.07, 6.45) is 0. The molecule has 0 atom stereocenters. The first kappa shape index (κ1) is 75.0. The Morgan fingerprint density at radius 1 is 0.247 bits per heavy atom. The molecule has 10 rings (SSSR count). The molecule has 0 N–H and O–H groups in total. The second-order valence-corrected chi connectivity index (χ2v) is 21.5. The van der Waals surface area contributed by atoms with Crippen molar-refractivity contribution in [2.45, 2.75) is 201 Å². The third-order valence-corrected chi connectivity index (χ3v) is 15.6. The first-order valence-corrected chi connectivity index (χ1v) is 28.4. The highest BCUT2D eigenvalue weighted by molar-refractivity contribution is 5.23. The van der Waals surface area contributed by atoms with Crippen molar-refractivity contribution in [1.82, 2.24) is 83.3 Å². The molecule has 0 amide bonds. The lowest BCUT2D eigenvalue weighted by Gasteiger charge is -1.94. The van der Waals surface area contributed by atoms with Crippen LogP contribution in [0.1, 0.15) is 166 Å². The highest BCUT2D eigenvalue weighted by Gasteiger charge is 2.06. The van der Waals surface area contributed by atoms with E-state index in [9.17, 15) is 0 Å². The van der Waals surface area contributed by atoms with Gasteiger partial charge < -0.3 is 36.1 Å². The Labute approximate surface area is 508 Å². The van der Waals surface area contributed by atoms with Gasteiger partial charge >= 0.3 is 0 Å². The molecule has 0 saturated heterocycles. The highest BCUT2D eigenvalue weighted by atomic mass is 16.5. The Hall–Kier alpha value is -7.97. The Bertz CT molecular complexity index is 2990. The maximum absolute atomic E-state index is 5.10. The van der Waals surface area contributed by atoms with Crippen LogP contribution in [0.5, 0.6) is 0 Å². The maximum Gasteiger partial charge on any atom is 0.191 e. The SMILES string of the molecule is Cc1nc(C)c(C)o1.Cc1nc(C)c(C)o1.Cc1nc(C)n(C)c1C.Cc1nc(C)n(C)c1C.Cc1nc(C)n(C)c1C.Cc1nn(C)c(C)c1C.Cc1nn(C)c(C)c1C.Cc1nnc(C)n1C.Cc1noc(C)c1C.Cc1noc(C)c1C. The zero-order valence-corrected chi connectivity index (χ0v) is 58.7. The van der Waals surface area contributed by atoms with Crippen LogP contribution in [-0.4, -0.2) is 83.3 Å². The lowest BCUT2D eigenvalue weighted by molar-refractivity contribution is 0.392. The summed E-state index contributed by atoms with van der Waals surface area (Å²) in [5, 5.41) is 23.6. The van der Waals surface area contributed by atoms with Crippen molar-refractivity contribution in [1.29, 1.82) is 0 Å². The molecule has 10 heterocycles. The van der Waals surface area contributed by atoms with E-state index < -0.39 is 0 Å². The van der Waals surface area contributed by atoms with Crippen molar-refractivity contribution < 1.29 is 17.9 Å². The van der Waals surface area contributed by atoms with Gasteiger partial charge in [-0.05, 0) is 198 Å². The highest BCUT2D eigenvalue weighted by Crippen LogP contribution is 2.13. The van der Waals surface area contributed by atoms with Crippen LogP contribution >= 0.6 is 0 Å². The van der Waals surface area contributed by atoms with E-state index >= 15 is 0 Å². The van der Waals surface area contributed by atoms with E-state index in [-0.39, 0.29) is 0 Å². The van der Waals surface area contributed by atoms with Gasteiger partial charge in [0.05, 0.1) is 51.2 Å². The summed E-state index contributed by atoms with van der Waals surface area (Å²) in [6.45, 7) is 57.7. The van der Waals surface area contributed by atoms with Crippen LogP contribution in [0.15, 0.2) is 17.9 Å². The summed E-state index contributed by atoms with van der Waals surface area (Å²) in [6, 6.07) is 0. The Morgan fingerprint density at radius 3 is 0.576 bits per heavy atom. The van der Waals surface area contributed by atoms with E-state index in [1.54, 1.807) is 0 Å². The molecule has 0 unspecified atom stereocenters. The zero-order valence-electron chi connectivity index (χ0n) is 58.7. The van der Waals surface area contributed by atoms with E-state index in [0.717, 1.165) is 126 Å². The van der Waals surface area contributed by atoms with Crippen molar-refractivity contribution in [2.24, 2.45) is 42.3 Å². The average molecular weight is 1180 g/mol. The standard InChI is InChI=1S/5C7H12N2.4C6H9NO.C5H9N3/c3*1-5-6(2)9(4)7(3)8-5;2*1-5-6(2)8-9(4)7(5)3;2*1-4-5(2)8-6(3)7-4;2*1-4-5(2)7-8-6(4)3;1-4-6-7-5(2)8(4)3/h5*1-4H3;5*1-3H3. The third kappa shape index (κ3) is 22.9. The molecule has 0 aliphatic carbocycles. The number of hydrogen-bond donors (Lipinski definition) is 0. The Kier molecular flexibility index (Phi) is 30.1. The summed E-state index contributed by atoms with van der Waals surface area (Å²) >= 11 is 0. The molecule has 0 radical (unpaired) electrons. The normalized spacial score (nSPS) is 10.1. The zero-order chi connectivity index (χ0) is 65.8. The minimum atomic E-state index is 0.750. The molecular formula is C64H105N17O4. The van der Waals surface area contributed by atoms with Crippen molar-refractivity contribution in [3.8, 4) is 0 Å². The van der Waals surface area contributed by atoms with Crippen LogP contribution in [-0.2, 0) is 42.3 Å². The molecule has 10 aromatic heterocycles. The summed E-state index contributed by atoms with van der Waals surface area (Å²) in [5.74, 6) is 10.4. The molecule has 21 heteroatoms. The fourth-order valence-corrected chi connectivity index (χ4v) is 7.25. The van der Waals surface area contributed by atoms with Gasteiger partial charge in [-0.1, -0.05) is 10.3 Å². The van der Waals surface area contributed by atoms with Crippen molar-refractivity contribution in [3.63, 3.8) is 0 Å². The third-order valence-electron chi connectivity index (χ3n) is 15.6. The minimum absolute atomic E-state index is 0.750. The van der Waals surface area contributed by atoms with Crippen LogP contribution < -0.4 is 0 Å². The fourth-order valence-electron chi connectivity index (χ4n) is 7.25. The molecule has 85 heavy (non-hydrogen) atoms. The summed E-state index contributed by atoms with van der Waals surface area (Å²) in [7, 11) is 12.0. The van der Waals surface area contributed by atoms with Gasteiger partial charge in [-0.2, -0.15) is 10.2 Å². The van der Waals surface area contributed by atoms with Crippen molar-refractivity contribution in [3.05, 3.63) is 166 Å². The molecule has 21 nitrogen and oxygen atoms in total. The quantitative estimate of drug-likeness (QED) is 0.138. The van der Waals surface area contributed by atoms with Crippen LogP contribution in [0.25, 0.3) is 0 Å². The second kappa shape index (κ2) is 34.1. The second-order valence-electron chi connectivity index (χ2n) is 21.5. The summed E-state index contributed by atoms with van der Waals surface area (Å²) in [5.41, 5.74) is 20.8. The topological polar surface area (TPSA) is 224 Å². The Morgan fingerprint density at radius 2 is 0.518 bits per heavy atom. The monoisotopic (exact) mass is 1180 g/mol. The summed E-state index contributed by atoms with van der Waals surface area (Å²) < 4.78 is 31.9. The first-order valence-electron chi connectivity index (χ1n) is 28.4. The van der Waals surface area contributed by atoms with Gasteiger partial charge in [-0.3, -0.25) is 9.36 Å². The number of oxazole rings is 2. The minimum Gasteiger partial charge on any atom is -0.446 e. The van der Waals surface area contributed by atoms with Gasteiger partial charge in [0.1, 0.15) is 52.2 Å². The van der Waals surface area contributed by atoms with E-state index in [2.05, 4.69) is 118 Å². The molecule has 0 bridgehead atoms. The van der Waals surface area contributed by atoms with Crippen molar-refractivity contribution >= 4 is 0 Å². The predicted octanol–water partition coefficient (Wildman–Crippen LogP) is 13.6. The predicted molar refractivity (Wildman–Crippen MR) is 340 cm³/mol. The van der Waals surface area contributed by atoms with Gasteiger partial charge in [0.15, 0.2) is 11.8 Å². The van der Waals surface area contributed by atoms with E-state index in [0.29, 0.717) is 0 Å². The number of aromatic nitrogens is 17. The van der Waals surface area contributed by atoms with Gasteiger partial charge in [-0.15, -0.1) is 10.2 Å². The number of hydrogen-bond acceptors (Lipinski definition) is 15. The van der Waals surface area contributed by atoms with Crippen molar-refractivity contribution in [2.75, 3.05) is 0 Å². The van der Waals surface area contributed by atoms with Crippen LogP contribution in [0, 0.1) is 201 Å². The molecule has 0 fully saturated rings. The van der Waals surface area contributed by atoms with Gasteiger partial charge in [0.25, 0.3) is 0 Å². The largest absolute Gasteiger partial charge is 0.446 e. The van der Waals surface area contributed by atoms with E-state index in [1.807, 2.05) is 209 Å². The fraction of sp³-hybridized carbons (Fsp3) is 0.547. The number of nitrogens with zero attached hydrogens (tertiary/aromatic N) is 17. The van der Waals surface area contributed by atoms with Crippen LogP contribution in [0.3, 0.4) is 0 Å². The van der Waals surface area contributed by atoms with Crippen LogP contribution in [0.2, 0.25) is 0 Å². The Balaban J connectivity index is 0.000000472.